The number of aromatic nitrogens is 2. The average Bonchev–Trinajstić information content (AvgIpc) is 1.73. The van der Waals surface area contributed by atoms with Gasteiger partial charge in [0.1, 0.15) is 0 Å². The molecule has 0 unspecified atom stereocenters. The lowest BCUT2D eigenvalue weighted by Crippen LogP contribution is -2.14. The number of rotatable bonds is 20. The number of hydrogen-bond donors (Lipinski definition) is 0. The number of unbranched alkanes of at least 4 members (excludes halogenated alkanes) is 6. The van der Waals surface area contributed by atoms with E-state index in [4.69, 9.17) is 14.7 Å². The summed E-state index contributed by atoms with van der Waals surface area (Å²) in [5.41, 5.74) is 33.0. The minimum atomic E-state index is -0.0488. The van der Waals surface area contributed by atoms with Gasteiger partial charge in [0.05, 0.1) is 22.4 Å². The molecule has 1 saturated heterocycles. The summed E-state index contributed by atoms with van der Waals surface area (Å²) in [6.07, 6.45) is 18.3. The lowest BCUT2D eigenvalue weighted by Gasteiger charge is -2.22. The zero-order valence-corrected chi connectivity index (χ0v) is 58.7. The number of ether oxygens (including phenoxy) is 1. The van der Waals surface area contributed by atoms with Crippen LogP contribution in [0.3, 0.4) is 0 Å². The molecule has 0 radical (unpaired) electrons. The number of nitrogens with zero attached hydrogens (tertiary/aromatic N) is 2. The summed E-state index contributed by atoms with van der Waals surface area (Å²) in [6, 6.07) is 111. The van der Waals surface area contributed by atoms with E-state index in [0.717, 1.165) is 60.5 Å². The van der Waals surface area contributed by atoms with E-state index >= 15 is 0 Å². The minimum Gasteiger partial charge on any atom is -0.381 e. The van der Waals surface area contributed by atoms with Gasteiger partial charge in [-0.15, -0.1) is 0 Å². The third-order valence-corrected chi connectivity index (χ3v) is 21.2. The maximum atomic E-state index is 5.29. The first kappa shape index (κ1) is 66.3. The molecule has 1 fully saturated rings. The van der Waals surface area contributed by atoms with Crippen LogP contribution in [-0.2, 0) is 42.3 Å². The molecule has 498 valence electrons. The minimum absolute atomic E-state index is 0.0488. The summed E-state index contributed by atoms with van der Waals surface area (Å²) in [6.45, 7) is 6.68. The van der Waals surface area contributed by atoms with Crippen molar-refractivity contribution in [2.45, 2.75) is 116 Å². The highest BCUT2D eigenvalue weighted by Crippen LogP contribution is 2.50. The molecule has 0 amide bonds. The fourth-order valence-electron chi connectivity index (χ4n) is 15.6. The number of benzene rings is 12. The van der Waals surface area contributed by atoms with Gasteiger partial charge in [-0.25, -0.2) is 9.97 Å². The van der Waals surface area contributed by atoms with Gasteiger partial charge in [-0.05, 0) is 230 Å². The van der Waals surface area contributed by atoms with Gasteiger partial charge in [0.25, 0.3) is 0 Å². The molecule has 0 spiro atoms. The molecule has 0 N–H and O–H groups in total. The Morgan fingerprint density at radius 3 is 1.19 bits per heavy atom. The van der Waals surface area contributed by atoms with Crippen molar-refractivity contribution < 1.29 is 4.74 Å². The van der Waals surface area contributed by atoms with Crippen LogP contribution in [0.5, 0.6) is 0 Å². The summed E-state index contributed by atoms with van der Waals surface area (Å²) in [4.78, 5) is 10.5. The van der Waals surface area contributed by atoms with E-state index in [0.29, 0.717) is 0 Å². The lowest BCUT2D eigenvalue weighted by atomic mass is 9.82. The number of aryl methyl sites for hydroxylation is 4. The van der Waals surface area contributed by atoms with Crippen molar-refractivity contribution in [2.24, 2.45) is 0 Å². The Hall–Kier alpha value is -10.6. The lowest BCUT2D eigenvalue weighted by molar-refractivity contribution is 0.198. The summed E-state index contributed by atoms with van der Waals surface area (Å²) in [5, 5.41) is 2.37. The monoisotopic (exact) mass is 1310 g/mol. The maximum Gasteiger partial charge on any atom is 0.0716 e. The number of hydrogen-bond acceptors (Lipinski definition) is 3. The van der Waals surface area contributed by atoms with Gasteiger partial charge >= 0.3 is 0 Å². The van der Waals surface area contributed by atoms with Crippen LogP contribution in [0.4, 0.5) is 0 Å². The van der Waals surface area contributed by atoms with Gasteiger partial charge in [0, 0.05) is 40.5 Å². The summed E-state index contributed by atoms with van der Waals surface area (Å²) in [7, 11) is 0. The van der Waals surface area contributed by atoms with E-state index in [1.807, 2.05) is 0 Å². The average molecular weight is 1310 g/mol. The van der Waals surface area contributed by atoms with Crippen molar-refractivity contribution in [2.75, 3.05) is 13.2 Å². The Morgan fingerprint density at radius 1 is 0.277 bits per heavy atom. The first-order chi connectivity index (χ1) is 49.8. The second-order valence-corrected chi connectivity index (χ2v) is 28.5. The molecule has 0 atom stereocenters. The van der Waals surface area contributed by atoms with Crippen LogP contribution in [0.25, 0.3) is 111 Å². The van der Waals surface area contributed by atoms with Crippen molar-refractivity contribution in [3.63, 3.8) is 0 Å². The highest BCUT2D eigenvalue weighted by atomic mass is 16.5. The molecule has 2 aliphatic carbocycles. The first-order valence-electron chi connectivity index (χ1n) is 37.1. The maximum absolute atomic E-state index is 5.29. The molecular formula is C98H90N2O. The summed E-state index contributed by atoms with van der Waals surface area (Å²) in [5.74, 6) is 0. The van der Waals surface area contributed by atoms with Gasteiger partial charge in [-0.3, -0.25) is 0 Å². The van der Waals surface area contributed by atoms with Gasteiger partial charge in [-0.1, -0.05) is 294 Å². The van der Waals surface area contributed by atoms with Crippen LogP contribution in [0.15, 0.2) is 303 Å². The Balaban J connectivity index is 0.000000153. The molecule has 14 aromatic rings. The van der Waals surface area contributed by atoms with Crippen LogP contribution in [0.1, 0.15) is 123 Å². The van der Waals surface area contributed by atoms with Crippen LogP contribution in [-0.4, -0.2) is 23.2 Å². The highest BCUT2D eigenvalue weighted by Gasteiger charge is 2.35. The Labute approximate surface area is 598 Å². The normalized spacial score (nSPS) is 13.0. The molecule has 1 aliphatic heterocycles. The van der Waals surface area contributed by atoms with E-state index in [1.54, 1.807) is 0 Å². The van der Waals surface area contributed by atoms with Crippen molar-refractivity contribution in [1.82, 2.24) is 9.97 Å². The number of fused-ring (bicyclic) bond motifs is 8. The van der Waals surface area contributed by atoms with Crippen molar-refractivity contribution in [3.05, 3.63) is 348 Å². The molecule has 17 rings (SSSR count). The topological polar surface area (TPSA) is 35.0 Å². The van der Waals surface area contributed by atoms with Crippen molar-refractivity contribution >= 4 is 21.8 Å². The highest BCUT2D eigenvalue weighted by molar-refractivity contribution is 6.01. The van der Waals surface area contributed by atoms with E-state index in [1.165, 1.54) is 205 Å². The summed E-state index contributed by atoms with van der Waals surface area (Å²) < 4.78 is 4.94. The molecule has 12 aromatic carbocycles. The summed E-state index contributed by atoms with van der Waals surface area (Å²) >= 11 is 0. The third-order valence-electron chi connectivity index (χ3n) is 21.2. The quantitative estimate of drug-likeness (QED) is 0.0714. The smallest absolute Gasteiger partial charge is 0.0716 e. The fraction of sp³-hybridized carbons (Fsp3) is 0.204. The predicted octanol–water partition coefficient (Wildman–Crippen LogP) is 25.8. The zero-order valence-electron chi connectivity index (χ0n) is 58.7. The molecule has 3 aliphatic rings. The molecule has 0 saturated carbocycles. The van der Waals surface area contributed by atoms with Gasteiger partial charge in [-0.2, -0.15) is 0 Å². The second-order valence-electron chi connectivity index (χ2n) is 28.5. The van der Waals surface area contributed by atoms with E-state index in [2.05, 4.69) is 317 Å². The first-order valence-corrected chi connectivity index (χ1v) is 37.1. The van der Waals surface area contributed by atoms with E-state index < -0.39 is 0 Å². The largest absolute Gasteiger partial charge is 0.381 e. The van der Waals surface area contributed by atoms with Crippen LogP contribution >= 0.6 is 0 Å². The van der Waals surface area contributed by atoms with Crippen LogP contribution in [0, 0.1) is 0 Å². The molecular weight excluding hydrogens is 1220 g/mol. The molecule has 0 bridgehead atoms. The molecule has 3 heteroatoms. The van der Waals surface area contributed by atoms with Gasteiger partial charge in [0.15, 0.2) is 0 Å². The zero-order chi connectivity index (χ0) is 68.2. The van der Waals surface area contributed by atoms with Crippen molar-refractivity contribution in [3.8, 4) is 89.3 Å². The molecule has 2 aromatic heterocycles. The second kappa shape index (κ2) is 31.3. The van der Waals surface area contributed by atoms with Crippen LogP contribution < -0.4 is 0 Å². The SMILES string of the molecule is C1CCOC1.CC1(C)c2ccccc2-c2ccc(-c3cc(-c4ccccc4)c4cc(-c5cccc(CCCCCCc6ccccc6)c5)ccc4n3)cc21.c1ccc(CCCCCCc2cccc(-c3ccc4nc(-c5ccc6c(c5)Cc5ccccc5-6)cc(-c5ccccc5)c4c3)c2)cc1. The van der Waals surface area contributed by atoms with Gasteiger partial charge < -0.3 is 4.74 Å². The predicted molar refractivity (Wildman–Crippen MR) is 427 cm³/mol. The Morgan fingerprint density at radius 2 is 0.673 bits per heavy atom. The fourth-order valence-corrected chi connectivity index (χ4v) is 15.6. The molecule has 3 nitrogen and oxygen atoms in total. The van der Waals surface area contributed by atoms with E-state index in [-0.39, 0.29) is 5.41 Å². The standard InChI is InChI=1S/C48H43N.C46H39N.C4H8O/c1-48(2)44-25-14-13-24-40(44)41-28-26-39(32-45(41)48)47-33-42(36-21-11-6-12-22-36)43-31-38(27-29-46(43)49-47)37-23-15-20-35(30-37)19-8-4-3-7-16-34-17-9-5-10-18-34;1(5-14-33-15-7-3-8-16-33)2-6-17-34-18-13-22-36(28-34)37-25-27-45-44(31-37)43(35-19-9-4-10-20-35)32-46(47-45)39-24-26-42-40(30-39)29-38-21-11-12-23-41(38)42;1-2-4-5-3-1/h5-6,9-15,17-18,20-33H,3-4,7-8,16,19H2,1-2H3;3-4,7-13,15-16,18-28,30-32H,1-2,5-6,14,17,29H2;1-4H2. The Kier molecular flexibility index (Phi) is 20.6. The molecule has 3 heterocycles. The van der Waals surface area contributed by atoms with Crippen molar-refractivity contribution in [1.29, 1.82) is 0 Å². The third kappa shape index (κ3) is 15.4. The van der Waals surface area contributed by atoms with E-state index in [9.17, 15) is 0 Å². The Bertz CT molecular complexity index is 5140. The number of pyridine rings is 2. The molecule has 101 heavy (non-hydrogen) atoms. The van der Waals surface area contributed by atoms with Crippen LogP contribution in [0.2, 0.25) is 0 Å². The van der Waals surface area contributed by atoms with Gasteiger partial charge in [0.2, 0.25) is 0 Å².